The number of rotatable bonds is 9. The standard InChI is InChI=1S/C38H43F2N11O2S2/c1-21(2)51-23(4)46-33-26(39)14-24(15-28(33)51)32-27(40)17-45-36(47-32)48-35-25(16-41)29(8-11-42-35)54-31-19-43-30(18-44-31)50-12-9-38(10-13-50)20-53-22(3)34(38)49-55(52)37(5,6)7/h8,11,14-15,17-19,21-22,34,49H,9-10,12-13,20H2,1-7H3,(H,42,45,47,48)/t22-,34+,55-/m0/s1. The van der Waals surface area contributed by atoms with Crippen LogP contribution in [-0.2, 0) is 15.7 Å². The molecule has 0 amide bonds. The number of imidazole rings is 1. The smallest absolute Gasteiger partial charge is 0.229 e. The third kappa shape index (κ3) is 7.65. The van der Waals surface area contributed by atoms with Gasteiger partial charge in [0.1, 0.15) is 39.5 Å². The molecule has 0 bridgehead atoms. The highest BCUT2D eigenvalue weighted by Gasteiger charge is 2.50. The molecule has 17 heteroatoms. The Morgan fingerprint density at radius 1 is 1.07 bits per heavy atom. The molecule has 288 valence electrons. The summed E-state index contributed by atoms with van der Waals surface area (Å²) < 4.78 is 54.4. The number of pyridine rings is 1. The molecule has 2 aliphatic rings. The van der Waals surface area contributed by atoms with Gasteiger partial charge >= 0.3 is 0 Å². The van der Waals surface area contributed by atoms with E-state index in [0.29, 0.717) is 27.9 Å². The molecule has 4 aromatic heterocycles. The number of fused-ring (bicyclic) bond motifs is 1. The van der Waals surface area contributed by atoms with Crippen LogP contribution in [0, 0.1) is 35.3 Å². The predicted octanol–water partition coefficient (Wildman–Crippen LogP) is 7.04. The molecule has 5 aromatic rings. The van der Waals surface area contributed by atoms with Gasteiger partial charge in [-0.05, 0) is 79.5 Å². The van der Waals surface area contributed by atoms with Gasteiger partial charge in [-0.3, -0.25) is 0 Å². The van der Waals surface area contributed by atoms with Crippen LogP contribution in [-0.4, -0.2) is 75.3 Å². The van der Waals surface area contributed by atoms with Crippen LogP contribution in [0.1, 0.15) is 71.8 Å². The van der Waals surface area contributed by atoms with Gasteiger partial charge in [0, 0.05) is 41.2 Å². The van der Waals surface area contributed by atoms with Gasteiger partial charge in [0.15, 0.2) is 17.5 Å². The third-order valence-electron chi connectivity index (χ3n) is 10.2. The number of hydrogen-bond acceptors (Lipinski definition) is 12. The molecule has 0 radical (unpaired) electrons. The summed E-state index contributed by atoms with van der Waals surface area (Å²) in [5.41, 5.74) is 0.935. The summed E-state index contributed by atoms with van der Waals surface area (Å²) in [6, 6.07) is 6.76. The van der Waals surface area contributed by atoms with Gasteiger partial charge in [-0.1, -0.05) is 11.8 Å². The second kappa shape index (κ2) is 15.1. The van der Waals surface area contributed by atoms with Crippen LogP contribution in [0.15, 0.2) is 52.9 Å². The summed E-state index contributed by atoms with van der Waals surface area (Å²) in [6.45, 7) is 15.8. The van der Waals surface area contributed by atoms with Crippen molar-refractivity contribution in [3.05, 3.63) is 66.0 Å². The van der Waals surface area contributed by atoms with Crippen molar-refractivity contribution in [3.63, 3.8) is 0 Å². The summed E-state index contributed by atoms with van der Waals surface area (Å²) >= 11 is 1.25. The maximum Gasteiger partial charge on any atom is 0.229 e. The second-order valence-corrected chi connectivity index (χ2v) is 18.3. The Labute approximate surface area is 325 Å². The molecule has 2 N–H and O–H groups in total. The number of aryl methyl sites for hydroxylation is 1. The van der Waals surface area contributed by atoms with Crippen molar-refractivity contribution in [1.82, 2.24) is 39.2 Å². The van der Waals surface area contributed by atoms with Gasteiger partial charge in [-0.15, -0.1) is 0 Å². The van der Waals surface area contributed by atoms with Crippen molar-refractivity contribution in [2.45, 2.75) is 94.2 Å². The first-order valence-electron chi connectivity index (χ1n) is 18.1. The lowest BCUT2D eigenvalue weighted by molar-refractivity contribution is 0.0973. The van der Waals surface area contributed by atoms with Crippen LogP contribution in [0.5, 0.6) is 0 Å². The maximum atomic E-state index is 15.2. The second-order valence-electron chi connectivity index (χ2n) is 15.3. The zero-order valence-corrected chi connectivity index (χ0v) is 33.4. The van der Waals surface area contributed by atoms with Crippen molar-refractivity contribution in [1.29, 1.82) is 5.26 Å². The molecule has 1 spiro atoms. The number of piperidine rings is 1. The molecule has 55 heavy (non-hydrogen) atoms. The van der Waals surface area contributed by atoms with Crippen LogP contribution in [0.2, 0.25) is 0 Å². The van der Waals surface area contributed by atoms with E-state index in [0.717, 1.165) is 37.9 Å². The Balaban J connectivity index is 1.05. The molecule has 2 saturated heterocycles. The van der Waals surface area contributed by atoms with E-state index in [1.54, 1.807) is 31.5 Å². The molecule has 7 rings (SSSR count). The SMILES string of the molecule is Cc1nc2c(F)cc(-c3nc(Nc4nccc(Sc5cnc(N6CCC7(CC6)CO[C@@H](C)[C@H]7N[S@@](=O)C(C)(C)C)cn5)c4C#N)ncc3F)cc2n1C(C)C. The van der Waals surface area contributed by atoms with E-state index in [1.807, 2.05) is 46.1 Å². The molecular weight excluding hydrogens is 745 g/mol. The molecule has 2 fully saturated rings. The Morgan fingerprint density at radius 2 is 1.84 bits per heavy atom. The number of halogens is 2. The largest absolute Gasteiger partial charge is 0.376 e. The summed E-state index contributed by atoms with van der Waals surface area (Å²) in [7, 11) is -1.20. The quantitative estimate of drug-likeness (QED) is 0.157. The zero-order valence-electron chi connectivity index (χ0n) is 31.7. The van der Waals surface area contributed by atoms with Crippen molar-refractivity contribution in [2.75, 3.05) is 29.9 Å². The lowest BCUT2D eigenvalue weighted by atomic mass is 9.73. The number of ether oxygens (including phenoxy) is 1. The van der Waals surface area contributed by atoms with Crippen LogP contribution >= 0.6 is 11.8 Å². The van der Waals surface area contributed by atoms with E-state index in [9.17, 15) is 9.47 Å². The molecule has 13 nitrogen and oxygen atoms in total. The zero-order chi connectivity index (χ0) is 39.2. The highest BCUT2D eigenvalue weighted by molar-refractivity contribution is 7.99. The third-order valence-corrected chi connectivity index (χ3v) is 12.7. The predicted molar refractivity (Wildman–Crippen MR) is 208 cm³/mol. The molecule has 2 aliphatic heterocycles. The van der Waals surface area contributed by atoms with E-state index >= 15 is 8.78 Å². The van der Waals surface area contributed by atoms with Crippen molar-refractivity contribution in [2.24, 2.45) is 5.41 Å². The van der Waals surface area contributed by atoms with Crippen LogP contribution in [0.25, 0.3) is 22.3 Å². The highest BCUT2D eigenvalue weighted by Crippen LogP contribution is 2.43. The molecule has 1 aromatic carbocycles. The van der Waals surface area contributed by atoms with Crippen molar-refractivity contribution >= 4 is 51.4 Å². The fraction of sp³-hybridized carbons (Fsp3) is 0.447. The average molecular weight is 788 g/mol. The van der Waals surface area contributed by atoms with Gasteiger partial charge in [0.2, 0.25) is 5.95 Å². The summed E-state index contributed by atoms with van der Waals surface area (Å²) in [4.78, 5) is 29.3. The average Bonchev–Trinajstić information content (AvgIpc) is 3.64. The minimum Gasteiger partial charge on any atom is -0.376 e. The highest BCUT2D eigenvalue weighted by atomic mass is 32.2. The van der Waals surface area contributed by atoms with E-state index in [-0.39, 0.29) is 62.5 Å². The number of aromatic nitrogens is 7. The normalized spacial score (nSPS) is 19.0. The number of nitrogens with one attached hydrogen (secondary N) is 2. The van der Waals surface area contributed by atoms with E-state index < -0.39 is 22.6 Å². The summed E-state index contributed by atoms with van der Waals surface area (Å²) in [6.07, 6.45) is 7.63. The first kappa shape index (κ1) is 38.6. The molecule has 0 unspecified atom stereocenters. The minimum atomic E-state index is -1.20. The Morgan fingerprint density at radius 3 is 2.51 bits per heavy atom. The maximum absolute atomic E-state index is 15.2. The fourth-order valence-corrected chi connectivity index (χ4v) is 9.13. The first-order valence-corrected chi connectivity index (χ1v) is 20.1. The van der Waals surface area contributed by atoms with Gasteiger partial charge in [0.05, 0.1) is 58.6 Å². The first-order chi connectivity index (χ1) is 26.2. The van der Waals surface area contributed by atoms with Gasteiger partial charge in [0.25, 0.3) is 0 Å². The van der Waals surface area contributed by atoms with Crippen molar-refractivity contribution < 1.29 is 17.7 Å². The molecule has 0 aliphatic carbocycles. The summed E-state index contributed by atoms with van der Waals surface area (Å²) in [5.74, 6) is 0.206. The number of nitrogens with zero attached hydrogens (tertiary/aromatic N) is 9. The van der Waals surface area contributed by atoms with Crippen molar-refractivity contribution in [3.8, 4) is 17.3 Å². The Kier molecular flexibility index (Phi) is 10.6. The topological polar surface area (TPSA) is 160 Å². The fourth-order valence-electron chi connectivity index (χ4n) is 7.29. The minimum absolute atomic E-state index is 0.000817. The van der Waals surface area contributed by atoms with Crippen LogP contribution in [0.3, 0.4) is 0 Å². The van der Waals surface area contributed by atoms with Gasteiger partial charge in [-0.2, -0.15) is 5.26 Å². The number of nitriles is 1. The number of anilines is 3. The molecule has 3 atom stereocenters. The van der Waals surface area contributed by atoms with E-state index in [1.165, 1.54) is 24.0 Å². The lowest BCUT2D eigenvalue weighted by Gasteiger charge is -2.43. The Hall–Kier alpha value is -4.63. The van der Waals surface area contributed by atoms with Gasteiger partial charge in [-0.25, -0.2) is 47.6 Å². The lowest BCUT2D eigenvalue weighted by Crippen LogP contribution is -2.55. The molecule has 6 heterocycles. The van der Waals surface area contributed by atoms with Crippen LogP contribution < -0.4 is 14.9 Å². The molecule has 0 saturated carbocycles. The number of hydrogen-bond donors (Lipinski definition) is 2. The monoisotopic (exact) mass is 787 g/mol. The van der Waals surface area contributed by atoms with Crippen LogP contribution in [0.4, 0.5) is 26.4 Å². The Bertz CT molecular complexity index is 2300. The van der Waals surface area contributed by atoms with E-state index in [2.05, 4.69) is 45.9 Å². The van der Waals surface area contributed by atoms with E-state index in [4.69, 9.17) is 9.72 Å². The summed E-state index contributed by atoms with van der Waals surface area (Å²) in [5, 5.41) is 13.7. The number of benzene rings is 1. The van der Waals surface area contributed by atoms with Gasteiger partial charge < -0.3 is 19.5 Å². The molecular formula is C38H43F2N11O2S2.